The van der Waals surface area contributed by atoms with Crippen LogP contribution >= 0.6 is 22.9 Å². The van der Waals surface area contributed by atoms with Crippen LogP contribution in [0, 0.1) is 0 Å². The summed E-state index contributed by atoms with van der Waals surface area (Å²) in [5.74, 6) is -0.725. The normalized spacial score (nSPS) is 12.2. The van der Waals surface area contributed by atoms with Gasteiger partial charge in [0.25, 0.3) is 0 Å². The maximum absolute atomic E-state index is 11.4. The molecule has 2 N–H and O–H groups in total. The number of carboxylic acids is 1. The Bertz CT molecular complexity index is 1230. The van der Waals surface area contributed by atoms with E-state index in [0.29, 0.717) is 23.8 Å². The summed E-state index contributed by atoms with van der Waals surface area (Å²) in [4.78, 5) is 20.6. The fourth-order valence-corrected chi connectivity index (χ4v) is 4.94. The molecule has 1 atom stereocenters. The first-order valence-corrected chi connectivity index (χ1v) is 11.4. The van der Waals surface area contributed by atoms with Gasteiger partial charge in [0.05, 0.1) is 23.2 Å². The van der Waals surface area contributed by atoms with Crippen molar-refractivity contribution in [2.45, 2.75) is 32.6 Å². The van der Waals surface area contributed by atoms with Crippen molar-refractivity contribution < 1.29 is 14.6 Å². The Morgan fingerprint density at radius 3 is 2.84 bits per heavy atom. The minimum Gasteiger partial charge on any atom is -0.493 e. The molecule has 0 amide bonds. The molecule has 4 rings (SSSR count). The van der Waals surface area contributed by atoms with E-state index in [2.05, 4.69) is 11.9 Å². The predicted octanol–water partition coefficient (Wildman–Crippen LogP) is 6.32. The lowest BCUT2D eigenvalue weighted by Gasteiger charge is -2.08. The highest BCUT2D eigenvalue weighted by Crippen LogP contribution is 2.33. The number of nitrogens with one attached hydrogen (secondary N) is 1. The molecule has 0 fully saturated rings. The number of H-pyrrole nitrogens is 1. The number of hydrogen-bond acceptors (Lipinski definition) is 4. The summed E-state index contributed by atoms with van der Waals surface area (Å²) in [6, 6.07) is 13.5. The molecular formula is C24H23ClN2O3S. The topological polar surface area (TPSA) is 75.2 Å². The molecule has 2 aromatic carbocycles. The fraction of sp³-hybridized carbons (Fsp3) is 0.250. The molecule has 31 heavy (non-hydrogen) atoms. The number of carboxylic acid groups (broad SMARTS) is 1. The molecule has 0 aliphatic heterocycles. The lowest BCUT2D eigenvalue weighted by molar-refractivity contribution is -0.138. The highest BCUT2D eigenvalue weighted by atomic mass is 35.5. The Hall–Kier alpha value is -2.83. The number of ether oxygens (including phenoxy) is 1. The largest absolute Gasteiger partial charge is 0.493 e. The first kappa shape index (κ1) is 21.4. The smallest absolute Gasteiger partial charge is 0.310 e. The van der Waals surface area contributed by atoms with E-state index in [4.69, 9.17) is 21.3 Å². The summed E-state index contributed by atoms with van der Waals surface area (Å²) in [5, 5.41) is 11.8. The molecule has 0 aliphatic carbocycles. The molecule has 7 heteroatoms. The number of aryl methyl sites for hydroxylation is 1. The maximum atomic E-state index is 11.4. The quantitative estimate of drug-likeness (QED) is 0.327. The highest BCUT2D eigenvalue weighted by Gasteiger charge is 2.18. The van der Waals surface area contributed by atoms with Crippen molar-refractivity contribution in [3.63, 3.8) is 0 Å². The maximum Gasteiger partial charge on any atom is 0.310 e. The van der Waals surface area contributed by atoms with Gasteiger partial charge in [-0.05, 0) is 43.2 Å². The fourth-order valence-electron chi connectivity index (χ4n) is 3.57. The zero-order valence-electron chi connectivity index (χ0n) is 17.3. The van der Waals surface area contributed by atoms with E-state index in [9.17, 15) is 9.90 Å². The minimum atomic E-state index is -0.850. The zero-order valence-corrected chi connectivity index (χ0v) is 18.9. The van der Waals surface area contributed by atoms with Crippen LogP contribution in [-0.2, 0) is 17.6 Å². The van der Waals surface area contributed by atoms with Gasteiger partial charge >= 0.3 is 5.97 Å². The van der Waals surface area contributed by atoms with Gasteiger partial charge in [0.15, 0.2) is 0 Å². The lowest BCUT2D eigenvalue weighted by atomic mass is 10.0. The Kier molecular flexibility index (Phi) is 6.30. The molecule has 160 valence electrons. The van der Waals surface area contributed by atoms with Crippen LogP contribution in [0.3, 0.4) is 0 Å². The Labute approximate surface area is 189 Å². The Morgan fingerprint density at radius 2 is 2.10 bits per heavy atom. The molecule has 0 spiro atoms. The SMILES string of the molecule is CCc1sc(-c2ccccc2Cl)nc1CCOc1ccc2[nH]cc(C(C)C(=O)O)c2c1. The number of aromatic nitrogens is 2. The van der Waals surface area contributed by atoms with E-state index >= 15 is 0 Å². The second-order valence-corrected chi connectivity index (χ2v) is 8.82. The molecule has 0 bridgehead atoms. The van der Waals surface area contributed by atoms with Crippen molar-refractivity contribution in [2.24, 2.45) is 0 Å². The van der Waals surface area contributed by atoms with Gasteiger partial charge in [0.2, 0.25) is 0 Å². The second-order valence-electron chi connectivity index (χ2n) is 7.33. The zero-order chi connectivity index (χ0) is 22.0. The number of hydrogen-bond donors (Lipinski definition) is 2. The van der Waals surface area contributed by atoms with Gasteiger partial charge in [-0.25, -0.2) is 4.98 Å². The van der Waals surface area contributed by atoms with Gasteiger partial charge in [-0.1, -0.05) is 36.7 Å². The van der Waals surface area contributed by atoms with E-state index in [1.165, 1.54) is 4.88 Å². The minimum absolute atomic E-state index is 0.485. The average molecular weight is 455 g/mol. The van der Waals surface area contributed by atoms with Crippen LogP contribution < -0.4 is 4.74 Å². The number of nitrogens with zero attached hydrogens (tertiary/aromatic N) is 1. The van der Waals surface area contributed by atoms with Gasteiger partial charge in [-0.15, -0.1) is 11.3 Å². The van der Waals surface area contributed by atoms with Crippen LogP contribution in [0.2, 0.25) is 5.02 Å². The van der Waals surface area contributed by atoms with E-state index < -0.39 is 11.9 Å². The summed E-state index contributed by atoms with van der Waals surface area (Å²) in [6.07, 6.45) is 3.35. The third-order valence-corrected chi connectivity index (χ3v) is 6.94. The predicted molar refractivity (Wildman–Crippen MR) is 125 cm³/mol. The summed E-state index contributed by atoms with van der Waals surface area (Å²) in [5.41, 5.74) is 3.64. The Balaban J connectivity index is 1.49. The summed E-state index contributed by atoms with van der Waals surface area (Å²) >= 11 is 8.02. The van der Waals surface area contributed by atoms with Crippen molar-refractivity contribution in [1.82, 2.24) is 9.97 Å². The van der Waals surface area contributed by atoms with Crippen LogP contribution in [0.15, 0.2) is 48.7 Å². The van der Waals surface area contributed by atoms with Gasteiger partial charge in [-0.3, -0.25) is 4.79 Å². The first-order chi connectivity index (χ1) is 15.0. The van der Waals surface area contributed by atoms with Crippen molar-refractivity contribution in [3.05, 3.63) is 69.8 Å². The first-order valence-electron chi connectivity index (χ1n) is 10.2. The molecule has 2 aromatic heterocycles. The van der Waals surface area contributed by atoms with Gasteiger partial charge in [-0.2, -0.15) is 0 Å². The number of benzene rings is 2. The molecule has 2 heterocycles. The van der Waals surface area contributed by atoms with Gasteiger partial charge in [0, 0.05) is 34.0 Å². The van der Waals surface area contributed by atoms with Crippen molar-refractivity contribution in [3.8, 4) is 16.3 Å². The molecule has 4 aromatic rings. The number of carbonyl (C=O) groups is 1. The monoisotopic (exact) mass is 454 g/mol. The van der Waals surface area contributed by atoms with Crippen LogP contribution in [0.25, 0.3) is 21.5 Å². The van der Waals surface area contributed by atoms with Crippen LogP contribution in [0.1, 0.15) is 35.9 Å². The lowest BCUT2D eigenvalue weighted by Crippen LogP contribution is -2.06. The standard InChI is InChI=1S/C24H23ClN2O3S/c1-3-22-21(27-23(31-22)16-6-4-5-7-19(16)25)10-11-30-15-8-9-20-17(12-15)18(13-26-20)14(2)24(28)29/h4-9,12-14,26H,3,10-11H2,1-2H3,(H,28,29). The summed E-state index contributed by atoms with van der Waals surface area (Å²) in [6.45, 7) is 4.29. The van der Waals surface area contributed by atoms with Gasteiger partial charge < -0.3 is 14.8 Å². The molecule has 0 saturated carbocycles. The van der Waals surface area contributed by atoms with Crippen LogP contribution in [0.4, 0.5) is 0 Å². The van der Waals surface area contributed by atoms with Gasteiger partial charge in [0.1, 0.15) is 10.8 Å². The molecule has 0 saturated heterocycles. The molecule has 1 unspecified atom stereocenters. The Morgan fingerprint density at radius 1 is 1.29 bits per heavy atom. The molecule has 0 aliphatic rings. The van der Waals surface area contributed by atoms with E-state index in [1.54, 1.807) is 24.5 Å². The second kappa shape index (κ2) is 9.12. The van der Waals surface area contributed by atoms with Crippen LogP contribution in [-0.4, -0.2) is 27.7 Å². The number of halogens is 1. The third kappa shape index (κ3) is 4.45. The molecular weight excluding hydrogens is 432 g/mol. The highest BCUT2D eigenvalue weighted by molar-refractivity contribution is 7.15. The number of rotatable bonds is 8. The van der Waals surface area contributed by atoms with Crippen molar-refractivity contribution in [2.75, 3.05) is 6.61 Å². The van der Waals surface area contributed by atoms with E-state index in [1.807, 2.05) is 42.5 Å². The summed E-state index contributed by atoms with van der Waals surface area (Å²) < 4.78 is 6.00. The summed E-state index contributed by atoms with van der Waals surface area (Å²) in [7, 11) is 0. The third-order valence-electron chi connectivity index (χ3n) is 5.33. The van der Waals surface area contributed by atoms with Crippen LogP contribution in [0.5, 0.6) is 5.75 Å². The average Bonchev–Trinajstić information content (AvgIpc) is 3.37. The van der Waals surface area contributed by atoms with E-state index in [-0.39, 0.29) is 0 Å². The number of fused-ring (bicyclic) bond motifs is 1. The number of thiazole rings is 1. The molecule has 5 nitrogen and oxygen atoms in total. The van der Waals surface area contributed by atoms with Crippen molar-refractivity contribution in [1.29, 1.82) is 0 Å². The van der Waals surface area contributed by atoms with Crippen molar-refractivity contribution >= 4 is 39.8 Å². The molecule has 0 radical (unpaired) electrons. The number of aliphatic carboxylic acids is 1. The number of aromatic amines is 1. The van der Waals surface area contributed by atoms with E-state index in [0.717, 1.165) is 39.2 Å².